The van der Waals surface area contributed by atoms with Crippen LogP contribution in [-0.4, -0.2) is 35.4 Å². The summed E-state index contributed by atoms with van der Waals surface area (Å²) in [6.07, 6.45) is 3.11. The Labute approximate surface area is 175 Å². The van der Waals surface area contributed by atoms with Crippen LogP contribution in [0.4, 0.5) is 10.7 Å². The number of hydrogen-bond acceptors (Lipinski definition) is 5. The molecule has 1 aromatic carbocycles. The molecular formula is C22H27N3O3S. The van der Waals surface area contributed by atoms with Gasteiger partial charge in [-0.25, -0.2) is 0 Å². The molecule has 1 saturated carbocycles. The van der Waals surface area contributed by atoms with Crippen molar-refractivity contribution >= 4 is 27.9 Å². The Kier molecular flexibility index (Phi) is 5.58. The van der Waals surface area contributed by atoms with Crippen LogP contribution in [0.25, 0.3) is 0 Å². The quantitative estimate of drug-likeness (QED) is 0.494. The van der Waals surface area contributed by atoms with Crippen molar-refractivity contribution in [1.29, 1.82) is 0 Å². The number of benzene rings is 1. The zero-order valence-electron chi connectivity index (χ0n) is 17.0. The van der Waals surface area contributed by atoms with Crippen LogP contribution in [0.2, 0.25) is 0 Å². The summed E-state index contributed by atoms with van der Waals surface area (Å²) < 4.78 is 0. The van der Waals surface area contributed by atoms with Gasteiger partial charge in [0, 0.05) is 42.2 Å². The van der Waals surface area contributed by atoms with Crippen LogP contribution >= 0.6 is 11.3 Å². The molecule has 1 aromatic heterocycles. The first-order chi connectivity index (χ1) is 13.9. The van der Waals surface area contributed by atoms with E-state index in [-0.39, 0.29) is 15.8 Å². The highest BCUT2D eigenvalue weighted by atomic mass is 32.1. The maximum atomic E-state index is 12.4. The highest BCUT2D eigenvalue weighted by Gasteiger charge is 2.37. The van der Waals surface area contributed by atoms with Gasteiger partial charge in [0.1, 0.15) is 0 Å². The van der Waals surface area contributed by atoms with E-state index in [4.69, 9.17) is 0 Å². The van der Waals surface area contributed by atoms with Gasteiger partial charge in [-0.3, -0.25) is 14.9 Å². The first-order valence-electron chi connectivity index (χ1n) is 10.3. The number of rotatable bonds is 7. The molecule has 1 aliphatic carbocycles. The van der Waals surface area contributed by atoms with E-state index >= 15 is 0 Å². The van der Waals surface area contributed by atoms with Crippen LogP contribution in [-0.2, 0) is 11.3 Å². The molecule has 2 fully saturated rings. The minimum atomic E-state index is -0.325. The van der Waals surface area contributed by atoms with Gasteiger partial charge < -0.3 is 9.80 Å². The zero-order chi connectivity index (χ0) is 20.5. The molecule has 6 nitrogen and oxygen atoms in total. The van der Waals surface area contributed by atoms with Crippen molar-refractivity contribution in [2.45, 2.75) is 39.7 Å². The topological polar surface area (TPSA) is 66.7 Å². The molecule has 0 bridgehead atoms. The van der Waals surface area contributed by atoms with Crippen LogP contribution in [0.5, 0.6) is 0 Å². The van der Waals surface area contributed by atoms with Crippen molar-refractivity contribution in [3.63, 3.8) is 0 Å². The summed E-state index contributed by atoms with van der Waals surface area (Å²) in [5.74, 6) is 1.03. The molecule has 1 aliphatic heterocycles. The second-order valence-electron chi connectivity index (χ2n) is 8.31. The van der Waals surface area contributed by atoms with Crippen molar-refractivity contribution < 1.29 is 9.72 Å². The standard InChI is InChI=1S/C22H27N3O3S/c1-15-4-3-5-20(16(15)2)24(14-19-8-9-21(29-19)25(27)28)13-17-10-11-23(12-17)22(26)18-6-7-18/h3-5,8-9,17-18H,6-7,10-14H2,1-2H3. The molecule has 0 spiro atoms. The number of carbonyl (C=O) groups is 1. The van der Waals surface area contributed by atoms with Gasteiger partial charge in [-0.15, -0.1) is 0 Å². The van der Waals surface area contributed by atoms with Gasteiger partial charge in [-0.1, -0.05) is 23.5 Å². The third-order valence-corrected chi connectivity index (χ3v) is 7.12. The minimum absolute atomic E-state index is 0.183. The van der Waals surface area contributed by atoms with Crippen molar-refractivity contribution in [3.05, 3.63) is 56.5 Å². The summed E-state index contributed by atoms with van der Waals surface area (Å²) >= 11 is 1.24. The summed E-state index contributed by atoms with van der Waals surface area (Å²) in [5.41, 5.74) is 3.65. The van der Waals surface area contributed by atoms with Crippen molar-refractivity contribution in [2.75, 3.05) is 24.5 Å². The van der Waals surface area contributed by atoms with Gasteiger partial charge in [0.2, 0.25) is 5.91 Å². The molecule has 1 atom stereocenters. The fourth-order valence-electron chi connectivity index (χ4n) is 4.15. The Balaban J connectivity index is 1.52. The molecular weight excluding hydrogens is 386 g/mol. The molecule has 2 heterocycles. The van der Waals surface area contributed by atoms with Crippen molar-refractivity contribution in [3.8, 4) is 0 Å². The van der Waals surface area contributed by atoms with Gasteiger partial charge in [-0.05, 0) is 62.3 Å². The fraction of sp³-hybridized carbons (Fsp3) is 0.500. The Morgan fingerprint density at radius 3 is 2.72 bits per heavy atom. The number of amides is 1. The van der Waals surface area contributed by atoms with Crippen LogP contribution in [0.3, 0.4) is 0 Å². The Hall–Kier alpha value is -2.41. The van der Waals surface area contributed by atoms with Crippen LogP contribution in [0, 0.1) is 35.8 Å². The van der Waals surface area contributed by atoms with Gasteiger partial charge in [0.05, 0.1) is 11.5 Å². The highest BCUT2D eigenvalue weighted by Crippen LogP contribution is 2.34. The third kappa shape index (κ3) is 4.45. The highest BCUT2D eigenvalue weighted by molar-refractivity contribution is 7.15. The fourth-order valence-corrected chi connectivity index (χ4v) is 4.98. The number of likely N-dealkylation sites (tertiary alicyclic amines) is 1. The first-order valence-corrected chi connectivity index (χ1v) is 11.1. The summed E-state index contributed by atoms with van der Waals surface area (Å²) in [5, 5.41) is 11.3. The molecule has 0 radical (unpaired) electrons. The number of hydrogen-bond donors (Lipinski definition) is 0. The molecule has 154 valence electrons. The van der Waals surface area contributed by atoms with E-state index in [1.54, 1.807) is 6.07 Å². The maximum Gasteiger partial charge on any atom is 0.324 e. The predicted molar refractivity (Wildman–Crippen MR) is 115 cm³/mol. The molecule has 0 N–H and O–H groups in total. The zero-order valence-corrected chi connectivity index (χ0v) is 17.8. The van der Waals surface area contributed by atoms with Gasteiger partial charge in [-0.2, -0.15) is 0 Å². The number of carbonyl (C=O) groups excluding carboxylic acids is 1. The molecule has 1 saturated heterocycles. The summed E-state index contributed by atoms with van der Waals surface area (Å²) in [7, 11) is 0. The first kappa shape index (κ1) is 19.9. The monoisotopic (exact) mass is 413 g/mol. The number of nitrogens with zero attached hydrogens (tertiary/aromatic N) is 3. The smallest absolute Gasteiger partial charge is 0.324 e. The van der Waals surface area contributed by atoms with E-state index < -0.39 is 0 Å². The molecule has 29 heavy (non-hydrogen) atoms. The Morgan fingerprint density at radius 1 is 1.24 bits per heavy atom. The van der Waals surface area contributed by atoms with E-state index in [0.717, 1.165) is 43.8 Å². The number of thiophene rings is 1. The lowest BCUT2D eigenvalue weighted by atomic mass is 10.0. The lowest BCUT2D eigenvalue weighted by molar-refractivity contribution is -0.380. The van der Waals surface area contributed by atoms with Crippen LogP contribution < -0.4 is 4.90 Å². The average Bonchev–Trinajstić information content (AvgIpc) is 3.25. The largest absolute Gasteiger partial charge is 0.366 e. The van der Waals surface area contributed by atoms with E-state index in [0.29, 0.717) is 18.4 Å². The predicted octanol–water partition coefficient (Wildman–Crippen LogP) is 4.54. The number of aryl methyl sites for hydroxylation is 1. The Bertz CT molecular complexity index is 922. The molecule has 2 aromatic rings. The second kappa shape index (κ2) is 8.14. The second-order valence-corrected chi connectivity index (χ2v) is 9.46. The normalized spacial score (nSPS) is 18.8. The number of nitro groups is 1. The molecule has 1 unspecified atom stereocenters. The number of anilines is 1. The summed E-state index contributed by atoms with van der Waals surface area (Å²) in [4.78, 5) is 28.5. The van der Waals surface area contributed by atoms with Gasteiger partial charge in [0.15, 0.2) is 0 Å². The third-order valence-electron chi connectivity index (χ3n) is 6.09. The van der Waals surface area contributed by atoms with Crippen molar-refractivity contribution in [1.82, 2.24) is 4.90 Å². The van der Waals surface area contributed by atoms with Gasteiger partial charge >= 0.3 is 5.00 Å². The Morgan fingerprint density at radius 2 is 2.03 bits per heavy atom. The average molecular weight is 414 g/mol. The van der Waals surface area contributed by atoms with E-state index in [9.17, 15) is 14.9 Å². The van der Waals surface area contributed by atoms with Gasteiger partial charge in [0.25, 0.3) is 0 Å². The molecule has 7 heteroatoms. The summed E-state index contributed by atoms with van der Waals surface area (Å²) in [6, 6.07) is 9.76. The molecule has 2 aliphatic rings. The van der Waals surface area contributed by atoms with E-state index in [2.05, 4.69) is 36.9 Å². The lowest BCUT2D eigenvalue weighted by Gasteiger charge is -2.29. The van der Waals surface area contributed by atoms with Crippen LogP contribution in [0.1, 0.15) is 35.3 Å². The molecule has 4 rings (SSSR count). The van der Waals surface area contributed by atoms with E-state index in [1.165, 1.54) is 28.2 Å². The van der Waals surface area contributed by atoms with E-state index in [1.807, 2.05) is 11.0 Å². The van der Waals surface area contributed by atoms with Crippen LogP contribution in [0.15, 0.2) is 30.3 Å². The maximum absolute atomic E-state index is 12.4. The van der Waals surface area contributed by atoms with Crippen molar-refractivity contribution in [2.24, 2.45) is 11.8 Å². The minimum Gasteiger partial charge on any atom is -0.366 e. The summed E-state index contributed by atoms with van der Waals surface area (Å²) in [6.45, 7) is 7.41. The lowest BCUT2D eigenvalue weighted by Crippen LogP contribution is -2.33. The SMILES string of the molecule is Cc1cccc(N(Cc2ccc([N+](=O)[O-])s2)CC2CCN(C(=O)C3CC3)C2)c1C. The molecule has 1 amide bonds.